The second kappa shape index (κ2) is 6.36. The van der Waals surface area contributed by atoms with Gasteiger partial charge in [0.15, 0.2) is 11.6 Å². The van der Waals surface area contributed by atoms with E-state index in [0.29, 0.717) is 28.9 Å². The van der Waals surface area contributed by atoms with Gasteiger partial charge in [-0.1, -0.05) is 18.2 Å². The highest BCUT2D eigenvalue weighted by molar-refractivity contribution is 7.90. The molecule has 0 unspecified atom stereocenters. The summed E-state index contributed by atoms with van der Waals surface area (Å²) in [5.41, 5.74) is 0.228. The van der Waals surface area contributed by atoms with Gasteiger partial charge in [0.1, 0.15) is 10.5 Å². The molecular formula is C18H15N3O4S2. The lowest BCUT2D eigenvalue weighted by Crippen LogP contribution is -2.32. The molecule has 1 aromatic carbocycles. The van der Waals surface area contributed by atoms with E-state index in [4.69, 9.17) is 0 Å². The number of para-hydroxylation sites is 1. The first-order chi connectivity index (χ1) is 12.9. The maximum Gasteiger partial charge on any atom is 0.286 e. The molecule has 4 rings (SSSR count). The summed E-state index contributed by atoms with van der Waals surface area (Å²) in [6.45, 7) is 4.03. The van der Waals surface area contributed by atoms with Crippen molar-refractivity contribution >= 4 is 43.1 Å². The molecule has 0 amide bonds. The smallest absolute Gasteiger partial charge is 0.286 e. The number of aromatic nitrogens is 1. The van der Waals surface area contributed by atoms with Gasteiger partial charge in [-0.2, -0.15) is 8.42 Å². The number of hydrogen-bond acceptors (Lipinski definition) is 6. The Morgan fingerprint density at radius 2 is 2.07 bits per heavy atom. The highest BCUT2D eigenvalue weighted by atomic mass is 32.2. The number of aryl methyl sites for hydroxylation is 1. The van der Waals surface area contributed by atoms with Crippen molar-refractivity contribution in [2.24, 2.45) is 4.40 Å². The molecule has 0 fully saturated rings. The van der Waals surface area contributed by atoms with Crippen molar-refractivity contribution in [2.45, 2.75) is 17.9 Å². The van der Waals surface area contributed by atoms with Crippen LogP contribution in [0.4, 0.5) is 5.69 Å². The van der Waals surface area contributed by atoms with Crippen molar-refractivity contribution in [1.29, 1.82) is 0 Å². The van der Waals surface area contributed by atoms with Gasteiger partial charge in [-0.25, -0.2) is 0 Å². The number of allylic oxidation sites excluding steroid dienone is 1. The van der Waals surface area contributed by atoms with Crippen LogP contribution in [0.1, 0.15) is 12.0 Å². The molecule has 0 aliphatic carbocycles. The quantitative estimate of drug-likeness (QED) is 0.655. The number of pyridine rings is 1. The van der Waals surface area contributed by atoms with E-state index in [1.807, 2.05) is 0 Å². The van der Waals surface area contributed by atoms with Crippen LogP contribution < -0.4 is 10.9 Å². The lowest BCUT2D eigenvalue weighted by atomic mass is 10.2. The van der Waals surface area contributed by atoms with Gasteiger partial charge in [0.2, 0.25) is 0 Å². The Bertz CT molecular complexity index is 1270. The van der Waals surface area contributed by atoms with Crippen LogP contribution in [0.25, 0.3) is 10.2 Å². The number of benzene rings is 1. The normalized spacial score (nSPS) is 15.0. The molecule has 0 saturated carbocycles. The molecule has 27 heavy (non-hydrogen) atoms. The molecule has 9 heteroatoms. The predicted molar refractivity (Wildman–Crippen MR) is 106 cm³/mol. The van der Waals surface area contributed by atoms with Gasteiger partial charge in [0.25, 0.3) is 15.6 Å². The fourth-order valence-corrected chi connectivity index (χ4v) is 5.00. The Hall–Kier alpha value is -2.91. The summed E-state index contributed by atoms with van der Waals surface area (Å²) in [5.74, 6) is -0.459. The van der Waals surface area contributed by atoms with Gasteiger partial charge in [0.05, 0.1) is 15.9 Å². The molecule has 2 N–H and O–H groups in total. The number of hydrogen-bond donors (Lipinski definition) is 2. The van der Waals surface area contributed by atoms with Gasteiger partial charge in [0, 0.05) is 6.54 Å². The van der Waals surface area contributed by atoms with Crippen LogP contribution >= 0.6 is 11.3 Å². The van der Waals surface area contributed by atoms with E-state index in [9.17, 15) is 18.3 Å². The maximum absolute atomic E-state index is 13.1. The summed E-state index contributed by atoms with van der Waals surface area (Å²) in [4.78, 5) is 13.1. The van der Waals surface area contributed by atoms with E-state index < -0.39 is 15.6 Å². The Morgan fingerprint density at radius 1 is 1.30 bits per heavy atom. The molecule has 0 saturated heterocycles. The van der Waals surface area contributed by atoms with Gasteiger partial charge in [-0.3, -0.25) is 4.79 Å². The van der Waals surface area contributed by atoms with Crippen LogP contribution in [0, 0.1) is 0 Å². The average Bonchev–Trinajstić information content (AvgIpc) is 3.11. The van der Waals surface area contributed by atoms with Crippen LogP contribution in [0.15, 0.2) is 62.5 Å². The number of nitrogens with zero attached hydrogens (tertiary/aromatic N) is 2. The number of amidine groups is 1. The molecule has 1 aliphatic heterocycles. The summed E-state index contributed by atoms with van der Waals surface area (Å²) < 4.78 is 30.8. The second-order valence-corrected chi connectivity index (χ2v) is 8.42. The van der Waals surface area contributed by atoms with Crippen molar-refractivity contribution in [3.05, 3.63) is 64.3 Å². The largest absolute Gasteiger partial charge is 0.505 e. The van der Waals surface area contributed by atoms with Crippen molar-refractivity contribution in [1.82, 2.24) is 4.57 Å². The molecule has 138 valence electrons. The number of fused-ring (bicyclic) bond motifs is 2. The Labute approximate surface area is 159 Å². The number of sulfonamides is 1. The van der Waals surface area contributed by atoms with E-state index >= 15 is 0 Å². The van der Waals surface area contributed by atoms with Crippen molar-refractivity contribution in [3.63, 3.8) is 0 Å². The minimum absolute atomic E-state index is 0.0254. The first kappa shape index (κ1) is 17.5. The molecule has 0 radical (unpaired) electrons. The van der Waals surface area contributed by atoms with Gasteiger partial charge >= 0.3 is 0 Å². The van der Waals surface area contributed by atoms with E-state index in [0.717, 1.165) is 0 Å². The van der Waals surface area contributed by atoms with Crippen LogP contribution in [0.3, 0.4) is 0 Å². The molecule has 0 spiro atoms. The number of thiophene rings is 1. The van der Waals surface area contributed by atoms with E-state index in [1.165, 1.54) is 22.0 Å². The van der Waals surface area contributed by atoms with Gasteiger partial charge < -0.3 is 15.0 Å². The van der Waals surface area contributed by atoms with Gasteiger partial charge in [-0.05, 0) is 30.0 Å². The lowest BCUT2D eigenvalue weighted by Gasteiger charge is -2.19. The minimum atomic E-state index is -3.99. The summed E-state index contributed by atoms with van der Waals surface area (Å²) in [6, 6.07) is 8.03. The monoisotopic (exact) mass is 401 g/mol. The van der Waals surface area contributed by atoms with Gasteiger partial charge in [-0.15, -0.1) is 22.3 Å². The minimum Gasteiger partial charge on any atom is -0.505 e. The SMILES string of the molecule is C=CCCn1c(=O)c(C2=NS(=O)(=O)c3ccccc3N2)c(O)c2sccc21. The molecule has 0 atom stereocenters. The highest BCUT2D eigenvalue weighted by Crippen LogP contribution is 2.34. The maximum atomic E-state index is 13.1. The third-order valence-electron chi connectivity index (χ3n) is 4.27. The van der Waals surface area contributed by atoms with Crippen LogP contribution in [-0.4, -0.2) is 23.9 Å². The summed E-state index contributed by atoms with van der Waals surface area (Å²) >= 11 is 1.27. The van der Waals surface area contributed by atoms with Crippen molar-refractivity contribution < 1.29 is 13.5 Å². The third kappa shape index (κ3) is 2.75. The first-order valence-electron chi connectivity index (χ1n) is 8.09. The van der Waals surface area contributed by atoms with Crippen LogP contribution in [-0.2, 0) is 16.6 Å². The number of nitrogens with one attached hydrogen (secondary N) is 1. The van der Waals surface area contributed by atoms with Crippen LogP contribution in [0.5, 0.6) is 5.75 Å². The Balaban J connectivity index is 1.99. The zero-order valence-electron chi connectivity index (χ0n) is 14.0. The first-order valence-corrected chi connectivity index (χ1v) is 10.4. The second-order valence-electron chi connectivity index (χ2n) is 5.93. The van der Waals surface area contributed by atoms with E-state index in [-0.39, 0.29) is 22.0 Å². The zero-order chi connectivity index (χ0) is 19.2. The topological polar surface area (TPSA) is 101 Å². The lowest BCUT2D eigenvalue weighted by molar-refractivity contribution is 0.478. The number of aromatic hydroxyl groups is 1. The molecular weight excluding hydrogens is 386 g/mol. The Morgan fingerprint density at radius 3 is 2.85 bits per heavy atom. The standard InChI is InChI=1S/C18H15N3O4S2/c1-2-3-9-21-12-8-10-26-16(12)15(22)14(18(21)23)17-19-11-6-4-5-7-13(11)27(24,25)20-17/h2,4-8,10,22H,1,3,9H2,(H,19,20). The predicted octanol–water partition coefficient (Wildman–Crippen LogP) is 2.91. The van der Waals surface area contributed by atoms with Crippen molar-refractivity contribution in [2.75, 3.05) is 5.32 Å². The zero-order valence-corrected chi connectivity index (χ0v) is 15.7. The molecule has 0 bridgehead atoms. The third-order valence-corrected chi connectivity index (χ3v) is 6.51. The average molecular weight is 401 g/mol. The van der Waals surface area contributed by atoms with Crippen LogP contribution in [0.2, 0.25) is 0 Å². The number of anilines is 1. The summed E-state index contributed by atoms with van der Waals surface area (Å²) in [5, 5.41) is 15.3. The Kier molecular flexibility index (Phi) is 4.12. The molecule has 7 nitrogen and oxygen atoms in total. The summed E-state index contributed by atoms with van der Waals surface area (Å²) in [7, 11) is -3.99. The molecule has 2 aromatic heterocycles. The fraction of sp³-hybridized carbons (Fsp3) is 0.111. The van der Waals surface area contributed by atoms with Crippen molar-refractivity contribution in [3.8, 4) is 5.75 Å². The molecule has 3 heterocycles. The molecule has 1 aliphatic rings. The summed E-state index contributed by atoms with van der Waals surface area (Å²) in [6.07, 6.45) is 2.24. The van der Waals surface area contributed by atoms with E-state index in [1.54, 1.807) is 35.7 Å². The van der Waals surface area contributed by atoms with E-state index in [2.05, 4.69) is 16.3 Å². The molecule has 3 aromatic rings. The number of rotatable bonds is 4. The highest BCUT2D eigenvalue weighted by Gasteiger charge is 2.29. The fourth-order valence-electron chi connectivity index (χ4n) is 3.03.